The van der Waals surface area contributed by atoms with Gasteiger partial charge in [-0.3, -0.25) is 54.3 Å². The van der Waals surface area contributed by atoms with E-state index in [4.69, 9.17) is 63.8 Å². The molecule has 27 atom stereocenters. The molecule has 137 heavy (non-hydrogen) atoms. The van der Waals surface area contributed by atoms with Gasteiger partial charge in [-0.1, -0.05) is 257 Å². The van der Waals surface area contributed by atoms with Crippen LogP contribution in [0.4, 0.5) is 0 Å². The monoisotopic (exact) mass is 2290 g/mol. The Morgan fingerprint density at radius 3 is 0.927 bits per heavy atom. The molecular weight excluding hydrogens is 2080 g/mol. The fourth-order valence-electron chi connectivity index (χ4n) is 9.20. The first kappa shape index (κ1) is 166. The first-order chi connectivity index (χ1) is 59.7. The predicted molar refractivity (Wildman–Crippen MR) is 622 cm³/mol. The quantitative estimate of drug-likeness (QED) is 0.00310. The molecule has 815 valence electrons. The number of cyclic esters (lactones) is 1. The predicted octanol–water partition coefficient (Wildman–Crippen LogP) is 16.2. The molecule has 0 spiro atoms. The second-order valence-electron chi connectivity index (χ2n) is 46.1. The molecule has 0 aliphatic carbocycles. The molecule has 1 aliphatic rings. The molecule has 3 radical (unpaired) electrons. The molecule has 0 aromatic carbocycles. The van der Waals surface area contributed by atoms with Gasteiger partial charge in [0.15, 0.2) is 49.0 Å². The van der Waals surface area contributed by atoms with Crippen molar-refractivity contribution in [2.75, 3.05) is 52.2 Å². The molecule has 1 heterocycles. The van der Waals surface area contributed by atoms with Crippen molar-refractivity contribution in [2.24, 2.45) is 46.5 Å². The van der Waals surface area contributed by atoms with Gasteiger partial charge in [-0.05, 0) is 224 Å². The van der Waals surface area contributed by atoms with E-state index >= 15 is 0 Å². The molecule has 1 saturated heterocycles. The maximum Gasteiger partial charge on any atom is 1.00 e. The van der Waals surface area contributed by atoms with E-state index in [9.17, 15) is 41.7 Å². The topological polar surface area (TPSA) is 440 Å². The first-order valence-electron chi connectivity index (χ1n) is 47.0. The summed E-state index contributed by atoms with van der Waals surface area (Å²) < 4.78 is 82.9. The second kappa shape index (κ2) is 79.8. The normalized spacial score (nSPS) is 18.0. The van der Waals surface area contributed by atoms with E-state index in [0.29, 0.717) is 55.3 Å². The van der Waals surface area contributed by atoms with Crippen molar-refractivity contribution in [1.82, 2.24) is 35.6 Å². The van der Waals surface area contributed by atoms with Crippen LogP contribution < -0.4 is 94.7 Å². The van der Waals surface area contributed by atoms with Gasteiger partial charge >= 0.3 is 65.1 Å². The van der Waals surface area contributed by atoms with Gasteiger partial charge in [0.1, 0.15) is 11.9 Å². The summed E-state index contributed by atoms with van der Waals surface area (Å²) in [6.07, 6.45) is 5.72. The summed E-state index contributed by atoms with van der Waals surface area (Å²) in [6.45, 7) is 98.8. The summed E-state index contributed by atoms with van der Waals surface area (Å²) in [5, 5.41) is 64.2. The molecule has 1 fully saturated rings. The number of hydrogen-bond donors (Lipinski definition) is 11. The minimum atomic E-state index is -3.47. The molecule has 1 rings (SSSR count). The number of ether oxygens (including phenoxy) is 1. The number of nitrogens with zero attached hydrogens (tertiary/aromatic N) is 6. The Hall–Kier alpha value is 3.94. The van der Waals surface area contributed by atoms with Crippen LogP contribution >= 0.6 is 87.5 Å². The Balaban J connectivity index is -0.000000117. The zero-order chi connectivity index (χ0) is 109. The summed E-state index contributed by atoms with van der Waals surface area (Å²) in [5.41, 5.74) is 22.2. The van der Waals surface area contributed by atoms with Crippen LogP contribution in [0.3, 0.4) is 0 Å². The third kappa shape index (κ3) is 86.0. The summed E-state index contributed by atoms with van der Waals surface area (Å²) in [7, 11) is 4.96. The molecule has 0 aromatic heterocycles. The van der Waals surface area contributed by atoms with Crippen LogP contribution in [0.15, 0.2) is 5.11 Å². The molecule has 0 saturated carbocycles. The number of carbonyl (C=O) groups excluding carboxylic acids is 2. The molecule has 0 aromatic rings. The Morgan fingerprint density at radius 1 is 0.474 bits per heavy atom. The largest absolute Gasteiger partial charge is 1.00 e. The van der Waals surface area contributed by atoms with Crippen LogP contribution in [0.2, 0.25) is 109 Å². The van der Waals surface area contributed by atoms with E-state index in [1.54, 1.807) is 0 Å². The SMILES string of the molecule is CC(C)(C)[Si](C)(C)Cl.CS(=O)(=O)Cl.C[C@@H](CO)C[C@H](O)[C@H](C)NP.C[C@@H](CO[Si](C)(C)C(C)(C)C)CC(=O)[C@H](C)NP.C[C@@H](CO[Si](C)(C)C(C)(C)C)C[C@@H](O)[C@H](C)NP.C[C@@H](CO[Si](C)(C)C(C)(C)C)C[C@@H](OS(C)(=O)=O)[C@H](C)NP.C[C@@H](CO[Si](C)(C)C(C)(C)C)C[C@H](N=[N+]=[N-])[C@H](C)NP.C[C@@H](CO[Si](C)(C)C(C)(C)C)C[C@H](O)[C@H](C)NP.C[C@@H]1C[C@@H]([C@H](C)NP)OC1=O.[B].[H-].[N-]=[N+]=[N-].[Na+].[Na+]. The molecule has 1 aliphatic heterocycles. The zero-order valence-corrected chi connectivity index (χ0v) is 116. The van der Waals surface area contributed by atoms with Crippen molar-refractivity contribution in [3.8, 4) is 0 Å². The minimum Gasteiger partial charge on any atom is -1.00 e. The number of ketones is 1. The number of azide groups is 1. The van der Waals surface area contributed by atoms with Gasteiger partial charge in [-0.2, -0.15) is 19.5 Å². The maximum absolute atomic E-state index is 11.8. The van der Waals surface area contributed by atoms with Gasteiger partial charge in [0.2, 0.25) is 9.05 Å². The van der Waals surface area contributed by atoms with E-state index in [0.717, 1.165) is 58.0 Å². The minimum absolute atomic E-state index is 0. The number of esters is 1. The standard InChI is InChI=1S/C14H34NO4PSSi.C13H31N4OPSi.2C13H32NO2PSi.C13H30NO2PSi.C7H14NO2P.C7H18NO2P.C6H15ClSi.CH3ClO2S.B.N3.2Na.H/c1-11(10-18-22(7,8)14(3,4)5)9-13(12(2)15-20)19-21(6,16)17;1-10(8-12(15-17-14)11(2)16-19)9-18-20(6,7)13(3,4)5;3*1-10(8-12(15)11(2)14-17)9-16-18(6,7)13(3,4)5;1-4-3-6(5(2)8-11)10-7(4)9;1-5(4-9)3-7(10)6(2)8-11;1-6(2,3)8(4,5)7;1-5(2,3)4;;1-3-2;;;/h11-13,15H,9-10,20H2,1-8H3;10-12,16H,8-9,19H2,1-7H3;2*10-12,14-15H,8-9,17H2,1-7H3;10-11,14H,8-9,17H2,1-7H3;4-6,8H,3,11H2,1-2H3;5-10H,3-4,11H2,1-2H3;1-5H3;1H3;;;;;/q;;;;;;;;;;-1;2*+1;-1/t11-,12+,13-;2*10-,11+,12+;10-,11+,12-;10-,11+;4-,5+,6+;5-,6+,7+;;;;;;;/m1111111......./s1. The fraction of sp³-hybridized carbons (Fsp3) is 0.977. The number of aliphatic hydroxyl groups excluding tert-OH is 4. The molecule has 7 unspecified atom stereocenters. The van der Waals surface area contributed by atoms with Crippen molar-refractivity contribution in [3.05, 3.63) is 26.4 Å². The van der Waals surface area contributed by atoms with Crippen LogP contribution in [-0.4, -0.2) is 237 Å². The Labute approximate surface area is 920 Å². The number of hydrogen-bond acceptors (Lipinski definition) is 25. The summed E-state index contributed by atoms with van der Waals surface area (Å²) >= 11 is 6.15. The van der Waals surface area contributed by atoms with E-state index < -0.39 is 74.2 Å². The number of nitrogens with one attached hydrogen (secondary N) is 7. The Kier molecular flexibility index (Phi) is 96.7. The average Bonchev–Trinajstić information content (AvgIpc) is 1.11. The number of carbonyl (C=O) groups is 2. The van der Waals surface area contributed by atoms with Gasteiger partial charge in [0, 0.05) is 106 Å². The van der Waals surface area contributed by atoms with Crippen molar-refractivity contribution in [3.63, 3.8) is 0 Å². The zero-order valence-electron chi connectivity index (χ0n) is 96.2. The van der Waals surface area contributed by atoms with Gasteiger partial charge in [0.25, 0.3) is 10.1 Å². The average molecular weight is 2290 g/mol. The number of Topliss-reactive ketones (excluding diaryl/α,β-unsaturated/α-hetero) is 1. The van der Waals surface area contributed by atoms with Gasteiger partial charge in [0.05, 0.1) is 54.9 Å². The maximum atomic E-state index is 11.8. The van der Waals surface area contributed by atoms with Gasteiger partial charge in [-0.15, -0.1) is 0 Å². The number of halogens is 2. The van der Waals surface area contributed by atoms with Crippen molar-refractivity contribution < 1.29 is 138 Å². The molecular formula is C87H210BCl2N13Na2O17P7S2Si6. The molecule has 50 heteroatoms. The van der Waals surface area contributed by atoms with Gasteiger partial charge in [-0.25, -0.2) is 8.42 Å². The van der Waals surface area contributed by atoms with Gasteiger partial charge < -0.3 is 59.8 Å². The van der Waals surface area contributed by atoms with E-state index in [1.807, 2.05) is 62.3 Å². The fourth-order valence-corrected chi connectivity index (χ4v) is 17.1. The molecule has 0 bridgehead atoms. The Bertz CT molecular complexity index is 3360. The van der Waals surface area contributed by atoms with Crippen LogP contribution in [0.1, 0.15) is 268 Å². The Morgan fingerprint density at radius 2 is 0.723 bits per heavy atom. The second-order valence-corrected chi connectivity index (χ2v) is 84.4. The van der Waals surface area contributed by atoms with Crippen LogP contribution in [0, 0.1) is 41.4 Å². The van der Waals surface area contributed by atoms with E-state index in [-0.39, 0.29) is 209 Å². The van der Waals surface area contributed by atoms with E-state index in [1.165, 1.54) is 4.91 Å². The van der Waals surface area contributed by atoms with Crippen LogP contribution in [0.5, 0.6) is 0 Å². The first-order valence-corrected chi connectivity index (χ1v) is 74.1. The number of rotatable bonds is 45. The third-order valence-corrected chi connectivity index (χ3v) is 58.0. The molecule has 0 amide bonds. The summed E-state index contributed by atoms with van der Waals surface area (Å²) in [6, 6.07) is 0.431. The smallest absolute Gasteiger partial charge is 1.00 e. The van der Waals surface area contributed by atoms with Crippen LogP contribution in [0.25, 0.3) is 26.4 Å². The number of aliphatic hydroxyl groups is 4. The van der Waals surface area contributed by atoms with Crippen molar-refractivity contribution >= 4 is 176 Å². The van der Waals surface area contributed by atoms with Crippen molar-refractivity contribution in [1.29, 1.82) is 0 Å². The van der Waals surface area contributed by atoms with Crippen molar-refractivity contribution in [2.45, 2.75) is 454 Å². The van der Waals surface area contributed by atoms with E-state index in [2.05, 4.69) is 360 Å². The summed E-state index contributed by atoms with van der Waals surface area (Å²) in [5.74, 6) is 2.07. The molecule has 11 N–H and O–H groups in total. The van der Waals surface area contributed by atoms with Crippen LogP contribution in [-0.2, 0) is 59.8 Å². The summed E-state index contributed by atoms with van der Waals surface area (Å²) in [4.78, 5) is 27.2. The molecule has 30 nitrogen and oxygen atoms in total. The third-order valence-electron chi connectivity index (χ3n) is 26.0.